The number of carbonyl (C=O) groups is 1. The van der Waals surface area contributed by atoms with Crippen LogP contribution >= 0.6 is 46.9 Å². The summed E-state index contributed by atoms with van der Waals surface area (Å²) < 4.78 is 1.01. The van der Waals surface area contributed by atoms with Crippen molar-refractivity contribution in [3.8, 4) is 0 Å². The van der Waals surface area contributed by atoms with Crippen LogP contribution in [0.4, 0.5) is 0 Å². The number of nitrogens with zero attached hydrogens (tertiary/aromatic N) is 1. The Morgan fingerprint density at radius 1 is 1.56 bits per heavy atom. The fourth-order valence-corrected chi connectivity index (χ4v) is 3.55. The molecule has 1 aromatic heterocycles. The van der Waals surface area contributed by atoms with Gasteiger partial charge in [0, 0.05) is 13.1 Å². The van der Waals surface area contributed by atoms with Gasteiger partial charge in [-0.1, -0.05) is 23.2 Å². The normalized spacial score (nSPS) is 19.5. The lowest BCUT2D eigenvalue weighted by molar-refractivity contribution is 0.0679. The topological polar surface area (TPSA) is 46.3 Å². The van der Waals surface area contributed by atoms with Gasteiger partial charge in [-0.3, -0.25) is 4.79 Å². The highest BCUT2D eigenvalue weighted by atomic mass is 35.5. The summed E-state index contributed by atoms with van der Waals surface area (Å²) in [5, 5.41) is 0. The van der Waals surface area contributed by atoms with Gasteiger partial charge in [-0.25, -0.2) is 0 Å². The summed E-state index contributed by atoms with van der Waals surface area (Å²) in [7, 11) is 0. The largest absolute Gasteiger partial charge is 0.338 e. The molecular weight excluding hydrogens is 315 g/mol. The van der Waals surface area contributed by atoms with Crippen molar-refractivity contribution in [2.24, 2.45) is 11.7 Å². The average molecular weight is 330 g/mol. The SMILES string of the molecule is Cl.NCC1CCCN(C(=O)c2cc(Cl)sc2Cl)C1. The fourth-order valence-electron chi connectivity index (χ4n) is 2.10. The highest BCUT2D eigenvalue weighted by molar-refractivity contribution is 7.20. The Morgan fingerprint density at radius 2 is 2.28 bits per heavy atom. The molecule has 0 aliphatic carbocycles. The Labute approximate surface area is 127 Å². The smallest absolute Gasteiger partial charge is 0.256 e. The Morgan fingerprint density at radius 3 is 2.83 bits per heavy atom. The molecule has 1 aromatic rings. The summed E-state index contributed by atoms with van der Waals surface area (Å²) in [5.41, 5.74) is 6.17. The third kappa shape index (κ3) is 3.52. The summed E-state index contributed by atoms with van der Waals surface area (Å²) in [6.45, 7) is 2.13. The molecule has 3 nitrogen and oxygen atoms in total. The minimum absolute atomic E-state index is 0. The van der Waals surface area contributed by atoms with E-state index < -0.39 is 0 Å². The van der Waals surface area contributed by atoms with Crippen molar-refractivity contribution in [1.82, 2.24) is 4.90 Å². The third-order valence-corrected chi connectivity index (χ3v) is 4.51. The van der Waals surface area contributed by atoms with E-state index in [4.69, 9.17) is 28.9 Å². The van der Waals surface area contributed by atoms with E-state index in [-0.39, 0.29) is 18.3 Å². The zero-order valence-electron chi connectivity index (χ0n) is 9.70. The molecule has 1 amide bonds. The molecule has 2 heterocycles. The van der Waals surface area contributed by atoms with E-state index in [0.29, 0.717) is 26.7 Å². The number of halogens is 3. The lowest BCUT2D eigenvalue weighted by Crippen LogP contribution is -2.42. The number of carbonyl (C=O) groups excluding carboxylic acids is 1. The maximum atomic E-state index is 12.2. The molecule has 1 saturated heterocycles. The van der Waals surface area contributed by atoms with Crippen LogP contribution in [0.25, 0.3) is 0 Å². The number of piperidine rings is 1. The first-order chi connectivity index (χ1) is 8.11. The number of amides is 1. The van der Waals surface area contributed by atoms with Crippen LogP contribution in [0.15, 0.2) is 6.07 Å². The van der Waals surface area contributed by atoms with Crippen LogP contribution in [0, 0.1) is 5.92 Å². The standard InChI is InChI=1S/C11H14Cl2N2OS.ClH/c12-9-4-8(10(13)17-9)11(16)15-3-1-2-7(5-14)6-15;/h4,7H,1-3,5-6,14H2;1H. The van der Waals surface area contributed by atoms with Crippen molar-refractivity contribution < 1.29 is 4.79 Å². The number of hydrogen-bond acceptors (Lipinski definition) is 3. The van der Waals surface area contributed by atoms with Crippen LogP contribution in [0.1, 0.15) is 23.2 Å². The van der Waals surface area contributed by atoms with Gasteiger partial charge < -0.3 is 10.6 Å². The molecule has 102 valence electrons. The van der Waals surface area contributed by atoms with Gasteiger partial charge in [0.05, 0.1) is 9.90 Å². The van der Waals surface area contributed by atoms with Gasteiger partial charge in [0.2, 0.25) is 0 Å². The summed E-state index contributed by atoms with van der Waals surface area (Å²) in [6.07, 6.45) is 2.10. The second-order valence-corrected chi connectivity index (χ2v) is 6.52. The van der Waals surface area contributed by atoms with Crippen LogP contribution in [-0.4, -0.2) is 30.4 Å². The van der Waals surface area contributed by atoms with Crippen molar-refractivity contribution in [3.63, 3.8) is 0 Å². The van der Waals surface area contributed by atoms with E-state index in [1.165, 1.54) is 11.3 Å². The first-order valence-corrected chi connectivity index (χ1v) is 7.13. The molecule has 0 aromatic carbocycles. The molecule has 18 heavy (non-hydrogen) atoms. The Hall–Kier alpha value is -0.0000000000000000555. The van der Waals surface area contributed by atoms with Gasteiger partial charge in [0.1, 0.15) is 4.34 Å². The van der Waals surface area contributed by atoms with Gasteiger partial charge in [-0.15, -0.1) is 23.7 Å². The van der Waals surface area contributed by atoms with Gasteiger partial charge in [0.25, 0.3) is 5.91 Å². The Bertz CT molecular complexity index is 424. The van der Waals surface area contributed by atoms with Crippen molar-refractivity contribution in [2.75, 3.05) is 19.6 Å². The molecule has 0 spiro atoms. The van der Waals surface area contributed by atoms with Crippen molar-refractivity contribution >= 4 is 52.9 Å². The Kier molecular flexibility index (Phi) is 6.21. The molecule has 7 heteroatoms. The lowest BCUT2D eigenvalue weighted by Gasteiger charge is -2.32. The predicted molar refractivity (Wildman–Crippen MR) is 79.3 cm³/mol. The second-order valence-electron chi connectivity index (χ2n) is 4.23. The number of rotatable bonds is 2. The molecule has 1 unspecified atom stereocenters. The number of thiophene rings is 1. The van der Waals surface area contributed by atoms with Crippen molar-refractivity contribution in [2.45, 2.75) is 12.8 Å². The molecule has 1 aliphatic rings. The van der Waals surface area contributed by atoms with Gasteiger partial charge in [-0.2, -0.15) is 0 Å². The molecule has 0 saturated carbocycles. The zero-order chi connectivity index (χ0) is 12.4. The zero-order valence-corrected chi connectivity index (χ0v) is 12.8. The molecular formula is C11H15Cl3N2OS. The predicted octanol–water partition coefficient (Wildman–Crippen LogP) is 3.29. The highest BCUT2D eigenvalue weighted by Gasteiger charge is 2.25. The minimum Gasteiger partial charge on any atom is -0.338 e. The summed E-state index contributed by atoms with van der Waals surface area (Å²) in [6, 6.07) is 1.64. The average Bonchev–Trinajstić information content (AvgIpc) is 2.67. The second kappa shape index (κ2) is 6.96. The van der Waals surface area contributed by atoms with Gasteiger partial charge in [0.15, 0.2) is 0 Å². The molecule has 0 radical (unpaired) electrons. The fraction of sp³-hybridized carbons (Fsp3) is 0.545. The van der Waals surface area contributed by atoms with Crippen LogP contribution in [0.2, 0.25) is 8.67 Å². The quantitative estimate of drug-likeness (QED) is 0.905. The molecule has 0 bridgehead atoms. The van der Waals surface area contributed by atoms with Crippen LogP contribution in [0.5, 0.6) is 0 Å². The minimum atomic E-state index is -0.0312. The van der Waals surface area contributed by atoms with Crippen molar-refractivity contribution in [3.05, 3.63) is 20.3 Å². The monoisotopic (exact) mass is 328 g/mol. The summed E-state index contributed by atoms with van der Waals surface area (Å²) in [5.74, 6) is 0.372. The van der Waals surface area contributed by atoms with Crippen LogP contribution in [-0.2, 0) is 0 Å². The number of likely N-dealkylation sites (tertiary alicyclic amines) is 1. The maximum Gasteiger partial charge on any atom is 0.256 e. The first-order valence-electron chi connectivity index (χ1n) is 5.56. The first kappa shape index (κ1) is 16.1. The molecule has 1 atom stereocenters. The third-order valence-electron chi connectivity index (χ3n) is 3.03. The van der Waals surface area contributed by atoms with Crippen LogP contribution < -0.4 is 5.73 Å². The lowest BCUT2D eigenvalue weighted by atomic mass is 9.98. The molecule has 1 fully saturated rings. The van der Waals surface area contributed by atoms with Crippen LogP contribution in [0.3, 0.4) is 0 Å². The van der Waals surface area contributed by atoms with Gasteiger partial charge >= 0.3 is 0 Å². The van der Waals surface area contributed by atoms with E-state index in [1.54, 1.807) is 6.07 Å². The van der Waals surface area contributed by atoms with E-state index in [9.17, 15) is 4.79 Å². The Balaban J connectivity index is 0.00000162. The van der Waals surface area contributed by atoms with E-state index >= 15 is 0 Å². The van der Waals surface area contributed by atoms with E-state index in [2.05, 4.69) is 0 Å². The maximum absolute atomic E-state index is 12.2. The number of hydrogen-bond donors (Lipinski definition) is 1. The molecule has 2 rings (SSSR count). The molecule has 1 aliphatic heterocycles. The molecule has 2 N–H and O–H groups in total. The van der Waals surface area contributed by atoms with Crippen molar-refractivity contribution in [1.29, 1.82) is 0 Å². The van der Waals surface area contributed by atoms with E-state index in [1.807, 2.05) is 4.90 Å². The van der Waals surface area contributed by atoms with Gasteiger partial charge in [-0.05, 0) is 31.4 Å². The summed E-state index contributed by atoms with van der Waals surface area (Å²) >= 11 is 13.1. The number of nitrogens with two attached hydrogens (primary N) is 1. The highest BCUT2D eigenvalue weighted by Crippen LogP contribution is 2.32. The van der Waals surface area contributed by atoms with E-state index in [0.717, 1.165) is 25.9 Å². The summed E-state index contributed by atoms with van der Waals surface area (Å²) in [4.78, 5) is 14.1.